The number of alkyl halides is 3. The van der Waals surface area contributed by atoms with Crippen molar-refractivity contribution in [3.63, 3.8) is 0 Å². The molecule has 98 valence electrons. The molecule has 0 fully saturated rings. The largest absolute Gasteiger partial charge is 0.433 e. The van der Waals surface area contributed by atoms with Crippen molar-refractivity contribution in [1.82, 2.24) is 15.1 Å². The second-order valence-electron chi connectivity index (χ2n) is 4.45. The molecule has 0 aromatic carbocycles. The third-order valence-electron chi connectivity index (χ3n) is 2.47. The van der Waals surface area contributed by atoms with Gasteiger partial charge in [-0.2, -0.15) is 18.3 Å². The average Bonchev–Trinajstić information content (AvgIpc) is 2.58. The Hall–Kier alpha value is -1.04. The maximum atomic E-state index is 12.9. The molecule has 0 saturated heterocycles. The number of aromatic nitrogens is 2. The van der Waals surface area contributed by atoms with Crippen molar-refractivity contribution in [3.05, 3.63) is 17.5 Å². The zero-order valence-electron chi connectivity index (χ0n) is 10.3. The van der Waals surface area contributed by atoms with Gasteiger partial charge in [-0.1, -0.05) is 13.8 Å². The first-order valence-electron chi connectivity index (χ1n) is 5.62. The monoisotopic (exact) mass is 249 g/mol. The molecule has 3 nitrogen and oxygen atoms in total. The molecule has 0 saturated carbocycles. The Morgan fingerprint density at radius 2 is 2.06 bits per heavy atom. The van der Waals surface area contributed by atoms with Crippen LogP contribution in [0.3, 0.4) is 0 Å². The van der Waals surface area contributed by atoms with Gasteiger partial charge in [0.2, 0.25) is 0 Å². The lowest BCUT2D eigenvalue weighted by Gasteiger charge is -2.13. The van der Waals surface area contributed by atoms with E-state index in [-0.39, 0.29) is 12.1 Å². The molecule has 0 aliphatic carbocycles. The second kappa shape index (κ2) is 5.53. The zero-order valence-corrected chi connectivity index (χ0v) is 10.3. The van der Waals surface area contributed by atoms with Crippen LogP contribution < -0.4 is 5.32 Å². The van der Waals surface area contributed by atoms with E-state index in [0.717, 1.165) is 4.68 Å². The molecule has 17 heavy (non-hydrogen) atoms. The van der Waals surface area contributed by atoms with Gasteiger partial charge in [-0.05, 0) is 19.4 Å². The van der Waals surface area contributed by atoms with Crippen molar-refractivity contribution in [2.24, 2.45) is 5.92 Å². The molecule has 0 aliphatic rings. The van der Waals surface area contributed by atoms with Crippen molar-refractivity contribution >= 4 is 0 Å². The summed E-state index contributed by atoms with van der Waals surface area (Å²) in [6.07, 6.45) is -2.37. The summed E-state index contributed by atoms with van der Waals surface area (Å²) < 4.78 is 39.8. The van der Waals surface area contributed by atoms with Gasteiger partial charge in [-0.15, -0.1) is 0 Å². The van der Waals surface area contributed by atoms with E-state index < -0.39 is 11.9 Å². The van der Waals surface area contributed by atoms with Crippen molar-refractivity contribution in [3.8, 4) is 0 Å². The van der Waals surface area contributed by atoms with Crippen molar-refractivity contribution < 1.29 is 13.2 Å². The molecule has 0 unspecified atom stereocenters. The standard InChI is InChI=1S/C11H18F3N3/c1-8(2)4-5-17-10(11(12,13)14)9(6-15-3)7-16-17/h7-8,15H,4-6H2,1-3H3. The van der Waals surface area contributed by atoms with E-state index in [9.17, 15) is 13.2 Å². The maximum absolute atomic E-state index is 12.9. The van der Waals surface area contributed by atoms with Gasteiger partial charge < -0.3 is 5.32 Å². The molecule has 1 heterocycles. The van der Waals surface area contributed by atoms with Gasteiger partial charge in [0.05, 0.1) is 6.20 Å². The van der Waals surface area contributed by atoms with Crippen molar-refractivity contribution in [2.75, 3.05) is 7.05 Å². The van der Waals surface area contributed by atoms with Crippen LogP contribution in [0.25, 0.3) is 0 Å². The van der Waals surface area contributed by atoms with Gasteiger partial charge in [0.25, 0.3) is 0 Å². The van der Waals surface area contributed by atoms with Crippen LogP contribution in [0.5, 0.6) is 0 Å². The number of rotatable bonds is 5. The van der Waals surface area contributed by atoms with Crippen LogP contribution in [0.4, 0.5) is 13.2 Å². The van der Waals surface area contributed by atoms with E-state index in [1.807, 2.05) is 13.8 Å². The van der Waals surface area contributed by atoms with E-state index in [0.29, 0.717) is 18.9 Å². The minimum Gasteiger partial charge on any atom is -0.316 e. The van der Waals surface area contributed by atoms with Crippen LogP contribution in [0, 0.1) is 5.92 Å². The van der Waals surface area contributed by atoms with Crippen LogP contribution in [-0.2, 0) is 19.3 Å². The SMILES string of the molecule is CNCc1cnn(CCC(C)C)c1C(F)(F)F. The highest BCUT2D eigenvalue weighted by Crippen LogP contribution is 2.32. The third kappa shape index (κ3) is 3.73. The summed E-state index contributed by atoms with van der Waals surface area (Å²) in [4.78, 5) is 0. The molecule has 6 heteroatoms. The predicted octanol–water partition coefficient (Wildman–Crippen LogP) is 2.67. The average molecular weight is 249 g/mol. The Morgan fingerprint density at radius 3 is 2.53 bits per heavy atom. The van der Waals surface area contributed by atoms with Gasteiger partial charge in [-0.3, -0.25) is 4.68 Å². The van der Waals surface area contributed by atoms with Crippen LogP contribution in [0.2, 0.25) is 0 Å². The Balaban J connectivity index is 2.97. The van der Waals surface area contributed by atoms with Crippen LogP contribution in [0.1, 0.15) is 31.5 Å². The fourth-order valence-corrected chi connectivity index (χ4v) is 1.62. The van der Waals surface area contributed by atoms with E-state index >= 15 is 0 Å². The highest BCUT2D eigenvalue weighted by atomic mass is 19.4. The summed E-state index contributed by atoms with van der Waals surface area (Å²) in [5.74, 6) is 0.355. The Bertz CT molecular complexity index is 355. The molecule has 1 aromatic heterocycles. The maximum Gasteiger partial charge on any atom is 0.433 e. The van der Waals surface area contributed by atoms with Crippen LogP contribution in [0.15, 0.2) is 6.20 Å². The number of hydrogen-bond donors (Lipinski definition) is 1. The molecule has 0 radical (unpaired) electrons. The summed E-state index contributed by atoms with van der Waals surface area (Å²) in [7, 11) is 1.62. The smallest absolute Gasteiger partial charge is 0.316 e. The lowest BCUT2D eigenvalue weighted by Crippen LogP contribution is -2.19. The van der Waals surface area contributed by atoms with Crippen LogP contribution >= 0.6 is 0 Å². The van der Waals surface area contributed by atoms with E-state index in [4.69, 9.17) is 0 Å². The van der Waals surface area contributed by atoms with E-state index in [1.54, 1.807) is 7.05 Å². The number of nitrogens with one attached hydrogen (secondary N) is 1. The van der Waals surface area contributed by atoms with E-state index in [1.165, 1.54) is 6.20 Å². The minimum absolute atomic E-state index is 0.177. The molecule has 0 amide bonds. The Labute approximate surface area is 99.0 Å². The van der Waals surface area contributed by atoms with Crippen molar-refractivity contribution in [1.29, 1.82) is 0 Å². The molecular weight excluding hydrogens is 231 g/mol. The van der Waals surface area contributed by atoms with Gasteiger partial charge in [0.15, 0.2) is 0 Å². The summed E-state index contributed by atoms with van der Waals surface area (Å²) in [6, 6.07) is 0. The molecule has 1 aromatic rings. The topological polar surface area (TPSA) is 29.9 Å². The number of hydrogen-bond acceptors (Lipinski definition) is 2. The number of aryl methyl sites for hydroxylation is 1. The molecule has 1 N–H and O–H groups in total. The first kappa shape index (κ1) is 14.0. The highest BCUT2D eigenvalue weighted by molar-refractivity contribution is 5.20. The van der Waals surface area contributed by atoms with Gasteiger partial charge in [0.1, 0.15) is 5.69 Å². The van der Waals surface area contributed by atoms with Crippen LogP contribution in [-0.4, -0.2) is 16.8 Å². The lowest BCUT2D eigenvalue weighted by atomic mass is 10.1. The predicted molar refractivity (Wildman–Crippen MR) is 59.4 cm³/mol. The Morgan fingerprint density at radius 1 is 1.41 bits per heavy atom. The molecule has 1 rings (SSSR count). The fraction of sp³-hybridized carbons (Fsp3) is 0.727. The first-order valence-corrected chi connectivity index (χ1v) is 5.62. The quantitative estimate of drug-likeness (QED) is 0.869. The molecule has 0 bridgehead atoms. The summed E-state index contributed by atoms with van der Waals surface area (Å²) >= 11 is 0. The summed E-state index contributed by atoms with van der Waals surface area (Å²) in [5, 5.41) is 6.55. The third-order valence-corrected chi connectivity index (χ3v) is 2.47. The second-order valence-corrected chi connectivity index (χ2v) is 4.45. The number of nitrogens with zero attached hydrogens (tertiary/aromatic N) is 2. The zero-order chi connectivity index (χ0) is 13.1. The molecule has 0 aliphatic heterocycles. The summed E-state index contributed by atoms with van der Waals surface area (Å²) in [6.45, 7) is 4.43. The highest BCUT2D eigenvalue weighted by Gasteiger charge is 2.37. The fourth-order valence-electron chi connectivity index (χ4n) is 1.62. The van der Waals surface area contributed by atoms with Gasteiger partial charge in [-0.25, -0.2) is 0 Å². The minimum atomic E-state index is -4.35. The first-order chi connectivity index (χ1) is 7.86. The van der Waals surface area contributed by atoms with Gasteiger partial charge >= 0.3 is 6.18 Å². The lowest BCUT2D eigenvalue weighted by molar-refractivity contribution is -0.145. The van der Waals surface area contributed by atoms with Gasteiger partial charge in [0, 0.05) is 18.7 Å². The summed E-state index contributed by atoms with van der Waals surface area (Å²) in [5.41, 5.74) is -0.434. The van der Waals surface area contributed by atoms with E-state index in [2.05, 4.69) is 10.4 Å². The molecular formula is C11H18F3N3. The number of halogens is 3. The Kier molecular flexibility index (Phi) is 4.56. The molecule has 0 atom stereocenters. The van der Waals surface area contributed by atoms with Crippen molar-refractivity contribution in [2.45, 2.75) is 39.5 Å². The molecule has 0 spiro atoms. The normalized spacial score (nSPS) is 12.4.